The van der Waals surface area contributed by atoms with Crippen LogP contribution in [0.25, 0.3) is 11.3 Å². The summed E-state index contributed by atoms with van der Waals surface area (Å²) in [5.41, 5.74) is 1.98. The van der Waals surface area contributed by atoms with E-state index in [1.54, 1.807) is 31.3 Å². The molecule has 0 radical (unpaired) electrons. The van der Waals surface area contributed by atoms with Crippen molar-refractivity contribution in [3.8, 4) is 17.1 Å². The number of aromatic hydroxyl groups is 1. The van der Waals surface area contributed by atoms with Crippen molar-refractivity contribution in [1.29, 1.82) is 0 Å². The number of benzodiazepines with no additional fused rings is 1. The monoisotopic (exact) mass is 515 g/mol. The molecule has 2 aliphatic heterocycles. The number of amidine groups is 1. The molecule has 3 heterocycles. The Labute approximate surface area is 219 Å². The molecule has 10 nitrogen and oxygen atoms in total. The van der Waals surface area contributed by atoms with E-state index in [0.717, 1.165) is 56.3 Å². The van der Waals surface area contributed by atoms with Crippen molar-refractivity contribution in [2.75, 3.05) is 30.4 Å². The summed E-state index contributed by atoms with van der Waals surface area (Å²) in [6.45, 7) is 1.67. The average molecular weight is 516 g/mol. The van der Waals surface area contributed by atoms with Crippen LogP contribution >= 0.6 is 0 Å². The molecule has 196 valence electrons. The summed E-state index contributed by atoms with van der Waals surface area (Å²) in [7, 11) is 1.68. The highest BCUT2D eigenvalue weighted by Crippen LogP contribution is 2.27. The van der Waals surface area contributed by atoms with Gasteiger partial charge < -0.3 is 30.0 Å². The van der Waals surface area contributed by atoms with E-state index in [0.29, 0.717) is 17.1 Å². The first kappa shape index (κ1) is 25.1. The maximum absolute atomic E-state index is 13.4. The van der Waals surface area contributed by atoms with Gasteiger partial charge in [-0.25, -0.2) is 9.79 Å². The van der Waals surface area contributed by atoms with Gasteiger partial charge >= 0.3 is 6.03 Å². The quantitative estimate of drug-likeness (QED) is 0.487. The van der Waals surface area contributed by atoms with Crippen molar-refractivity contribution in [3.63, 3.8) is 0 Å². The molecule has 5 rings (SSSR count). The van der Waals surface area contributed by atoms with Gasteiger partial charge in [0.25, 0.3) is 5.91 Å². The van der Waals surface area contributed by atoms with E-state index in [2.05, 4.69) is 15.5 Å². The van der Waals surface area contributed by atoms with Crippen LogP contribution in [0.4, 0.5) is 16.2 Å². The summed E-state index contributed by atoms with van der Waals surface area (Å²) in [5.74, 6) is 0.108. The summed E-state index contributed by atoms with van der Waals surface area (Å²) in [6.07, 6.45) is 4.24. The Hall–Kier alpha value is -4.60. The van der Waals surface area contributed by atoms with Gasteiger partial charge in [-0.05, 0) is 37.1 Å². The Morgan fingerprint density at radius 1 is 1.03 bits per heavy atom. The summed E-state index contributed by atoms with van der Waals surface area (Å²) >= 11 is 0. The Morgan fingerprint density at radius 2 is 1.79 bits per heavy atom. The van der Waals surface area contributed by atoms with E-state index in [1.165, 1.54) is 11.0 Å². The number of rotatable bonds is 3. The normalized spacial score (nSPS) is 17.7. The lowest BCUT2D eigenvalue weighted by atomic mass is 10.1. The molecule has 0 spiro atoms. The van der Waals surface area contributed by atoms with Crippen LogP contribution in [0.15, 0.2) is 75.1 Å². The lowest BCUT2D eigenvalue weighted by Crippen LogP contribution is -2.47. The fourth-order valence-electron chi connectivity index (χ4n) is 4.73. The van der Waals surface area contributed by atoms with Crippen LogP contribution < -0.4 is 21.0 Å². The van der Waals surface area contributed by atoms with Gasteiger partial charge in [-0.1, -0.05) is 37.1 Å². The molecule has 10 heteroatoms. The van der Waals surface area contributed by atoms with Crippen LogP contribution in [-0.2, 0) is 4.79 Å². The number of carbonyl (C=O) groups is 2. The maximum atomic E-state index is 13.4. The standard InChI is InChI=1S/C28H29N5O5/c1-32-21-12-5-4-11-20(21)26(33-13-6-2-3-7-14-33)30-25(27(32)36)31-28(37)29-19-10-8-9-18(15-19)24-16-22(34)23(35)17-38-24/h4-5,8-12,15-17,25,35H,2-3,6-7,13-14H2,1H3,(H2,29,31,37). The number of likely N-dealkylation sites (N-methyl/N-ethyl adjacent to an activating group) is 1. The van der Waals surface area contributed by atoms with Crippen LogP contribution in [0.5, 0.6) is 5.75 Å². The molecule has 0 bridgehead atoms. The van der Waals surface area contributed by atoms with Crippen LogP contribution in [0, 0.1) is 0 Å². The number of nitrogens with one attached hydrogen (secondary N) is 2. The Balaban J connectivity index is 1.39. The molecule has 1 atom stereocenters. The van der Waals surface area contributed by atoms with Gasteiger partial charge in [-0.15, -0.1) is 0 Å². The van der Waals surface area contributed by atoms with Crippen LogP contribution in [0.2, 0.25) is 0 Å². The van der Waals surface area contributed by atoms with Gasteiger partial charge in [-0.2, -0.15) is 0 Å². The Bertz CT molecular complexity index is 1440. The molecule has 1 unspecified atom stereocenters. The van der Waals surface area contributed by atoms with E-state index in [1.807, 2.05) is 24.3 Å². The maximum Gasteiger partial charge on any atom is 0.321 e. The van der Waals surface area contributed by atoms with Crippen molar-refractivity contribution < 1.29 is 19.1 Å². The predicted octanol–water partition coefficient (Wildman–Crippen LogP) is 3.76. The van der Waals surface area contributed by atoms with Crippen molar-refractivity contribution in [1.82, 2.24) is 10.2 Å². The van der Waals surface area contributed by atoms with E-state index in [4.69, 9.17) is 9.41 Å². The lowest BCUT2D eigenvalue weighted by Gasteiger charge is -2.25. The largest absolute Gasteiger partial charge is 0.502 e. The smallest absolute Gasteiger partial charge is 0.321 e. The first-order valence-corrected chi connectivity index (χ1v) is 12.6. The van der Waals surface area contributed by atoms with Crippen LogP contribution in [-0.4, -0.2) is 54.1 Å². The second kappa shape index (κ2) is 10.8. The van der Waals surface area contributed by atoms with Crippen LogP contribution in [0.1, 0.15) is 31.2 Å². The van der Waals surface area contributed by atoms with E-state index >= 15 is 0 Å². The number of fused-ring (bicyclic) bond motifs is 1. The zero-order chi connectivity index (χ0) is 26.6. The number of benzene rings is 2. The molecule has 0 saturated carbocycles. The first-order chi connectivity index (χ1) is 18.4. The number of amides is 3. The van der Waals surface area contributed by atoms with Gasteiger partial charge in [0, 0.05) is 43.0 Å². The predicted molar refractivity (Wildman–Crippen MR) is 144 cm³/mol. The minimum absolute atomic E-state index is 0.238. The number of anilines is 2. The third-order valence-electron chi connectivity index (χ3n) is 6.71. The van der Waals surface area contributed by atoms with Crippen LogP contribution in [0.3, 0.4) is 0 Å². The Morgan fingerprint density at radius 3 is 2.55 bits per heavy atom. The third-order valence-corrected chi connectivity index (χ3v) is 6.71. The van der Waals surface area contributed by atoms with E-state index in [9.17, 15) is 19.5 Å². The highest BCUT2D eigenvalue weighted by molar-refractivity contribution is 6.12. The van der Waals surface area contributed by atoms with Gasteiger partial charge in [0.1, 0.15) is 17.9 Å². The molecular formula is C28H29N5O5. The van der Waals surface area contributed by atoms with Crippen molar-refractivity contribution in [2.45, 2.75) is 31.8 Å². The number of para-hydroxylation sites is 1. The molecule has 2 aliphatic rings. The SMILES string of the molecule is CN1C(=O)C(NC(=O)Nc2cccc(-c3cc(=O)c(O)co3)c2)N=C(N2CCCCCC2)c2ccccc21. The number of hydrogen-bond donors (Lipinski definition) is 3. The number of urea groups is 1. The zero-order valence-corrected chi connectivity index (χ0v) is 21.0. The molecule has 1 fully saturated rings. The molecule has 1 aromatic heterocycles. The first-order valence-electron chi connectivity index (χ1n) is 12.6. The molecule has 3 amide bonds. The zero-order valence-electron chi connectivity index (χ0n) is 21.0. The van der Waals surface area contributed by atoms with Crippen molar-refractivity contribution in [2.24, 2.45) is 4.99 Å². The number of likely N-dealkylation sites (tertiary alicyclic amines) is 1. The van der Waals surface area contributed by atoms with Crippen molar-refractivity contribution >= 4 is 29.1 Å². The second-order valence-electron chi connectivity index (χ2n) is 9.34. The summed E-state index contributed by atoms with van der Waals surface area (Å²) in [6, 6.07) is 14.9. The van der Waals surface area contributed by atoms with Gasteiger partial charge in [0.05, 0.1) is 5.69 Å². The highest BCUT2D eigenvalue weighted by Gasteiger charge is 2.32. The van der Waals surface area contributed by atoms with E-state index < -0.39 is 23.4 Å². The Kier molecular flexibility index (Phi) is 7.12. The number of hydrogen-bond acceptors (Lipinski definition) is 7. The highest BCUT2D eigenvalue weighted by atomic mass is 16.3. The second-order valence-corrected chi connectivity index (χ2v) is 9.34. The molecule has 3 aromatic rings. The van der Waals surface area contributed by atoms with Crippen molar-refractivity contribution in [3.05, 3.63) is 76.6 Å². The molecule has 1 saturated heterocycles. The summed E-state index contributed by atoms with van der Waals surface area (Å²) in [4.78, 5) is 46.7. The molecular weight excluding hydrogens is 486 g/mol. The molecule has 3 N–H and O–H groups in total. The third kappa shape index (κ3) is 5.24. The topological polar surface area (TPSA) is 127 Å². The average Bonchev–Trinajstić information content (AvgIpc) is 3.25. The summed E-state index contributed by atoms with van der Waals surface area (Å²) < 4.78 is 5.30. The molecule has 0 aliphatic carbocycles. The minimum Gasteiger partial charge on any atom is -0.502 e. The summed E-state index contributed by atoms with van der Waals surface area (Å²) in [5, 5.41) is 14.9. The lowest BCUT2D eigenvalue weighted by molar-refractivity contribution is -0.119. The van der Waals surface area contributed by atoms with Gasteiger partial charge in [-0.3, -0.25) is 9.59 Å². The minimum atomic E-state index is -1.12. The number of nitrogens with zero attached hydrogens (tertiary/aromatic N) is 3. The fraction of sp³-hybridized carbons (Fsp3) is 0.286. The number of aliphatic imine (C=N–C) groups is 1. The van der Waals surface area contributed by atoms with Gasteiger partial charge in [0.2, 0.25) is 11.6 Å². The van der Waals surface area contributed by atoms with E-state index in [-0.39, 0.29) is 11.7 Å². The molecule has 2 aromatic carbocycles. The van der Waals surface area contributed by atoms with Gasteiger partial charge in [0.15, 0.2) is 5.75 Å². The molecule has 38 heavy (non-hydrogen) atoms. The fourth-order valence-corrected chi connectivity index (χ4v) is 4.73. The number of carbonyl (C=O) groups excluding carboxylic acids is 2.